The van der Waals surface area contributed by atoms with Gasteiger partial charge in [-0.3, -0.25) is 0 Å². The van der Waals surface area contributed by atoms with Crippen LogP contribution in [0.15, 0.2) is 60.7 Å². The summed E-state index contributed by atoms with van der Waals surface area (Å²) in [6, 6.07) is 18.5. The van der Waals surface area contributed by atoms with E-state index in [-0.39, 0.29) is 31.3 Å². The first-order valence-electron chi connectivity index (χ1n) is 19.8. The molecule has 57 heavy (non-hydrogen) atoms. The SMILES string of the molecule is CC(C)(C)OC(=O)[C@H]1O[C@@]2(CCCO[Si](C)(C)C(C)(C)C)O[C@](C(=O)OC(C)(C)C)([C@H](OCc3ccccc3)[C@H]2OCc2ccccc2)[C@]1(O)C(=O)OC(C)(C)C. The molecular weight excluding hydrogens is 749 g/mol. The topological polar surface area (TPSA) is 145 Å². The standard InChI is InChI=1S/C44H66O12Si/c1-38(2,3)53-35(45)34-43(48,36(46)54-39(4,5)6)44(37(47)55-40(7,8)9)33(50-29-31-24-19-16-20-25-31)32(49-28-30-22-17-15-18-23-30)42(52-34,56-44)26-21-27-51-57(13,14)41(10,11)12/h15-20,22-25,32-34,48H,21,26-29H2,1-14H3/t32-,33-,34-,42+,43-,44+/m1/s1. The van der Waals surface area contributed by atoms with E-state index in [0.29, 0.717) is 12.0 Å². The van der Waals surface area contributed by atoms with Crippen molar-refractivity contribution in [2.75, 3.05) is 6.61 Å². The van der Waals surface area contributed by atoms with Gasteiger partial charge in [0, 0.05) is 13.0 Å². The normalized spacial score (nSPS) is 26.8. The molecule has 6 atom stereocenters. The van der Waals surface area contributed by atoms with Gasteiger partial charge >= 0.3 is 17.9 Å². The van der Waals surface area contributed by atoms with E-state index in [2.05, 4.69) is 33.9 Å². The van der Waals surface area contributed by atoms with E-state index in [1.54, 1.807) is 62.3 Å². The Morgan fingerprint density at radius 2 is 1.14 bits per heavy atom. The van der Waals surface area contributed by atoms with Crippen molar-refractivity contribution in [2.24, 2.45) is 0 Å². The lowest BCUT2D eigenvalue weighted by Gasteiger charge is -2.51. The van der Waals surface area contributed by atoms with Gasteiger partial charge in [-0.2, -0.15) is 0 Å². The fourth-order valence-electron chi connectivity index (χ4n) is 6.61. The lowest BCUT2D eigenvalue weighted by Crippen LogP contribution is -2.79. The average molecular weight is 815 g/mol. The van der Waals surface area contributed by atoms with Gasteiger partial charge < -0.3 is 42.7 Å². The molecule has 2 aliphatic heterocycles. The van der Waals surface area contributed by atoms with Crippen LogP contribution in [-0.4, -0.2) is 90.0 Å². The highest BCUT2D eigenvalue weighted by atomic mass is 28.4. The molecule has 0 saturated carbocycles. The number of hydrogen-bond donors (Lipinski definition) is 1. The van der Waals surface area contributed by atoms with E-state index in [9.17, 15) is 14.7 Å². The fourth-order valence-corrected chi connectivity index (χ4v) is 7.70. The van der Waals surface area contributed by atoms with Gasteiger partial charge in [0.1, 0.15) is 29.0 Å². The molecule has 0 amide bonds. The molecule has 1 N–H and O–H groups in total. The van der Waals surface area contributed by atoms with Crippen molar-refractivity contribution in [1.82, 2.24) is 0 Å². The molecule has 2 heterocycles. The maximum absolute atomic E-state index is 15.2. The Morgan fingerprint density at radius 3 is 1.60 bits per heavy atom. The smallest absolute Gasteiger partial charge is 0.346 e. The molecule has 13 heteroatoms. The Hall–Kier alpha value is -3.17. The lowest BCUT2D eigenvalue weighted by molar-refractivity contribution is -0.381. The summed E-state index contributed by atoms with van der Waals surface area (Å²) >= 11 is 0. The summed E-state index contributed by atoms with van der Waals surface area (Å²) in [7, 11) is -2.22. The van der Waals surface area contributed by atoms with Gasteiger partial charge in [0.2, 0.25) is 17.3 Å². The van der Waals surface area contributed by atoms with Gasteiger partial charge in [-0.05, 0) is 98.0 Å². The van der Waals surface area contributed by atoms with E-state index in [0.717, 1.165) is 5.56 Å². The molecule has 2 saturated heterocycles. The molecule has 0 radical (unpaired) electrons. The molecule has 2 bridgehead atoms. The number of carbonyl (C=O) groups is 3. The van der Waals surface area contributed by atoms with Crippen LogP contribution in [0, 0.1) is 0 Å². The number of hydrogen-bond acceptors (Lipinski definition) is 12. The second-order valence-corrected chi connectivity index (χ2v) is 24.4. The predicted molar refractivity (Wildman–Crippen MR) is 216 cm³/mol. The van der Waals surface area contributed by atoms with Crippen molar-refractivity contribution < 1.29 is 57.1 Å². The Morgan fingerprint density at radius 1 is 0.684 bits per heavy atom. The molecule has 2 aromatic carbocycles. The maximum Gasteiger partial charge on any atom is 0.346 e. The maximum atomic E-state index is 15.2. The van der Waals surface area contributed by atoms with Crippen molar-refractivity contribution in [1.29, 1.82) is 0 Å². The van der Waals surface area contributed by atoms with Gasteiger partial charge in [-0.15, -0.1) is 0 Å². The van der Waals surface area contributed by atoms with Crippen LogP contribution < -0.4 is 0 Å². The molecular formula is C44H66O12Si. The van der Waals surface area contributed by atoms with Crippen LogP contribution in [0.3, 0.4) is 0 Å². The minimum absolute atomic E-state index is 0.0134. The summed E-state index contributed by atoms with van der Waals surface area (Å²) in [5, 5.41) is 13.2. The first kappa shape index (κ1) is 46.5. The third kappa shape index (κ3) is 10.5. The molecule has 318 valence electrons. The summed E-state index contributed by atoms with van der Waals surface area (Å²) < 4.78 is 51.3. The first-order chi connectivity index (χ1) is 26.1. The van der Waals surface area contributed by atoms with Gasteiger partial charge in [0.25, 0.3) is 0 Å². The molecule has 0 aromatic heterocycles. The summed E-state index contributed by atoms with van der Waals surface area (Å²) in [5.41, 5.74) is -8.05. The van der Waals surface area contributed by atoms with Crippen molar-refractivity contribution in [3.8, 4) is 0 Å². The molecule has 0 unspecified atom stereocenters. The molecule has 2 fully saturated rings. The zero-order chi connectivity index (χ0) is 42.9. The van der Waals surface area contributed by atoms with Crippen molar-refractivity contribution >= 4 is 26.2 Å². The first-order valence-corrected chi connectivity index (χ1v) is 22.7. The molecule has 2 aliphatic rings. The second-order valence-electron chi connectivity index (χ2n) is 19.6. The number of carbonyl (C=O) groups excluding carboxylic acids is 3. The van der Waals surface area contributed by atoms with E-state index in [4.69, 9.17) is 37.6 Å². The highest BCUT2D eigenvalue weighted by Gasteiger charge is 2.86. The molecule has 0 spiro atoms. The number of fused-ring (bicyclic) bond motifs is 2. The van der Waals surface area contributed by atoms with Crippen LogP contribution in [0.1, 0.15) is 107 Å². The molecule has 12 nitrogen and oxygen atoms in total. The van der Waals surface area contributed by atoms with Crippen molar-refractivity contribution in [3.05, 3.63) is 71.8 Å². The highest BCUT2D eigenvalue weighted by Crippen LogP contribution is 2.58. The average Bonchev–Trinajstić information content (AvgIpc) is 3.31. The van der Waals surface area contributed by atoms with Crippen LogP contribution in [0.4, 0.5) is 0 Å². The largest absolute Gasteiger partial charge is 0.458 e. The Balaban J connectivity index is 2.03. The monoisotopic (exact) mass is 814 g/mol. The Kier molecular flexibility index (Phi) is 13.7. The number of esters is 3. The minimum atomic E-state index is -3.24. The van der Waals surface area contributed by atoms with E-state index < -0.39 is 78.3 Å². The summed E-state index contributed by atoms with van der Waals surface area (Å²) in [4.78, 5) is 44.5. The number of rotatable bonds is 14. The molecule has 4 rings (SSSR count). The summed E-state index contributed by atoms with van der Waals surface area (Å²) in [5.74, 6) is -5.67. The van der Waals surface area contributed by atoms with E-state index >= 15 is 4.79 Å². The third-order valence-corrected chi connectivity index (χ3v) is 14.8. The van der Waals surface area contributed by atoms with Crippen LogP contribution in [-0.2, 0) is 65.2 Å². The van der Waals surface area contributed by atoms with Crippen LogP contribution in [0.5, 0.6) is 0 Å². The van der Waals surface area contributed by atoms with Gasteiger partial charge in [0.05, 0.1) is 13.2 Å². The zero-order valence-corrected chi connectivity index (χ0v) is 37.5. The van der Waals surface area contributed by atoms with Crippen molar-refractivity contribution in [3.63, 3.8) is 0 Å². The summed E-state index contributed by atoms with van der Waals surface area (Å²) in [6.07, 6.45) is -4.85. The van der Waals surface area contributed by atoms with Crippen LogP contribution >= 0.6 is 0 Å². The number of benzene rings is 2. The van der Waals surface area contributed by atoms with Gasteiger partial charge in [-0.1, -0.05) is 81.4 Å². The van der Waals surface area contributed by atoms with E-state index in [1.807, 2.05) is 60.7 Å². The van der Waals surface area contributed by atoms with E-state index in [1.165, 1.54) is 0 Å². The molecule has 2 aromatic rings. The minimum Gasteiger partial charge on any atom is -0.458 e. The lowest BCUT2D eigenvalue weighted by atomic mass is 9.74. The van der Waals surface area contributed by atoms with Gasteiger partial charge in [0.15, 0.2) is 14.1 Å². The Labute approximate surface area is 340 Å². The second kappa shape index (κ2) is 16.8. The fraction of sp³-hybridized carbons (Fsp3) is 0.659. The third-order valence-electron chi connectivity index (χ3n) is 10.2. The van der Waals surface area contributed by atoms with Gasteiger partial charge in [-0.25, -0.2) is 14.4 Å². The highest BCUT2D eigenvalue weighted by molar-refractivity contribution is 6.74. The predicted octanol–water partition coefficient (Wildman–Crippen LogP) is 7.58. The van der Waals surface area contributed by atoms with Crippen LogP contribution in [0.25, 0.3) is 0 Å². The number of ether oxygens (including phenoxy) is 7. The zero-order valence-electron chi connectivity index (χ0n) is 36.5. The Bertz CT molecular complexity index is 1690. The van der Waals surface area contributed by atoms with Crippen molar-refractivity contribution in [2.45, 2.75) is 179 Å². The quantitative estimate of drug-likeness (QED) is 0.0869. The number of aliphatic hydroxyl groups is 1. The summed E-state index contributed by atoms with van der Waals surface area (Å²) in [6.45, 7) is 25.5. The molecule has 0 aliphatic carbocycles. The van der Waals surface area contributed by atoms with Crippen LogP contribution in [0.2, 0.25) is 18.1 Å².